The summed E-state index contributed by atoms with van der Waals surface area (Å²) in [6.07, 6.45) is 1.14. The summed E-state index contributed by atoms with van der Waals surface area (Å²) in [5, 5.41) is 5.58. The fraction of sp³-hybridized carbons (Fsp3) is 0.217. The summed E-state index contributed by atoms with van der Waals surface area (Å²) >= 11 is 0. The number of carbonyl (C=O) groups excluding carboxylic acids is 2. The summed E-state index contributed by atoms with van der Waals surface area (Å²) in [6, 6.07) is 16.3. The van der Waals surface area contributed by atoms with Gasteiger partial charge in [0.05, 0.1) is 6.54 Å². The van der Waals surface area contributed by atoms with E-state index in [0.29, 0.717) is 35.8 Å². The van der Waals surface area contributed by atoms with Gasteiger partial charge >= 0.3 is 0 Å². The molecule has 30 heavy (non-hydrogen) atoms. The Labute approximate surface area is 173 Å². The van der Waals surface area contributed by atoms with Gasteiger partial charge in [-0.3, -0.25) is 9.59 Å². The van der Waals surface area contributed by atoms with E-state index in [1.165, 1.54) is 12.1 Å². The highest BCUT2D eigenvalue weighted by Gasteiger charge is 2.23. The third kappa shape index (κ3) is 4.75. The van der Waals surface area contributed by atoms with E-state index in [0.717, 1.165) is 12.0 Å². The Balaban J connectivity index is 1.35. The number of anilines is 1. The van der Waals surface area contributed by atoms with Gasteiger partial charge in [0.2, 0.25) is 0 Å². The van der Waals surface area contributed by atoms with Crippen LogP contribution >= 0.6 is 0 Å². The molecule has 1 saturated heterocycles. The average molecular weight is 408 g/mol. The molecular formula is C23H21FN2O4. The van der Waals surface area contributed by atoms with Gasteiger partial charge in [-0.15, -0.1) is 0 Å². The maximum absolute atomic E-state index is 13.0. The van der Waals surface area contributed by atoms with E-state index < -0.39 is 6.10 Å². The summed E-state index contributed by atoms with van der Waals surface area (Å²) in [6.45, 7) is 0.794. The van der Waals surface area contributed by atoms with Crippen LogP contribution in [0.15, 0.2) is 65.1 Å². The first-order valence-electron chi connectivity index (χ1n) is 9.74. The van der Waals surface area contributed by atoms with Crippen molar-refractivity contribution in [3.63, 3.8) is 0 Å². The summed E-state index contributed by atoms with van der Waals surface area (Å²) in [5.41, 5.74) is 1.72. The molecule has 1 fully saturated rings. The monoisotopic (exact) mass is 408 g/mol. The smallest absolute Gasteiger partial charge is 0.253 e. The molecule has 2 N–H and O–H groups in total. The van der Waals surface area contributed by atoms with Gasteiger partial charge in [0.25, 0.3) is 11.8 Å². The number of halogens is 1. The zero-order chi connectivity index (χ0) is 20.9. The van der Waals surface area contributed by atoms with Crippen molar-refractivity contribution in [2.75, 3.05) is 11.9 Å². The average Bonchev–Trinajstić information content (AvgIpc) is 3.45. The largest absolute Gasteiger partial charge is 0.459 e. The maximum Gasteiger partial charge on any atom is 0.253 e. The Morgan fingerprint density at radius 2 is 1.90 bits per heavy atom. The minimum atomic E-state index is -0.434. The van der Waals surface area contributed by atoms with Gasteiger partial charge < -0.3 is 19.8 Å². The van der Waals surface area contributed by atoms with Crippen molar-refractivity contribution in [2.45, 2.75) is 25.5 Å². The quantitative estimate of drug-likeness (QED) is 0.643. The lowest BCUT2D eigenvalue weighted by molar-refractivity contribution is -0.124. The van der Waals surface area contributed by atoms with Crippen molar-refractivity contribution < 1.29 is 23.1 Å². The van der Waals surface area contributed by atoms with Crippen LogP contribution in [0.5, 0.6) is 0 Å². The highest BCUT2D eigenvalue weighted by Crippen LogP contribution is 2.22. The lowest BCUT2D eigenvalue weighted by Crippen LogP contribution is -2.27. The molecule has 2 heterocycles. The van der Waals surface area contributed by atoms with Crippen LogP contribution in [0, 0.1) is 5.82 Å². The van der Waals surface area contributed by atoms with E-state index in [1.807, 2.05) is 0 Å². The summed E-state index contributed by atoms with van der Waals surface area (Å²) < 4.78 is 24.1. The summed E-state index contributed by atoms with van der Waals surface area (Å²) in [5.74, 6) is 0.368. The van der Waals surface area contributed by atoms with E-state index in [9.17, 15) is 14.0 Å². The molecule has 154 valence electrons. The second-order valence-electron chi connectivity index (χ2n) is 7.03. The van der Waals surface area contributed by atoms with Crippen LogP contribution in [0.1, 0.15) is 29.0 Å². The van der Waals surface area contributed by atoms with Crippen molar-refractivity contribution >= 4 is 17.5 Å². The molecule has 0 spiro atoms. The molecule has 0 saturated carbocycles. The van der Waals surface area contributed by atoms with E-state index in [2.05, 4.69) is 10.6 Å². The Kier molecular flexibility index (Phi) is 5.90. The fourth-order valence-electron chi connectivity index (χ4n) is 3.26. The fourth-order valence-corrected chi connectivity index (χ4v) is 3.26. The molecule has 6 nitrogen and oxygen atoms in total. The molecule has 4 rings (SSSR count). The summed E-state index contributed by atoms with van der Waals surface area (Å²) in [4.78, 5) is 24.7. The topological polar surface area (TPSA) is 80.6 Å². The molecule has 2 aromatic carbocycles. The maximum atomic E-state index is 13.0. The van der Waals surface area contributed by atoms with Crippen molar-refractivity contribution in [2.24, 2.45) is 0 Å². The van der Waals surface area contributed by atoms with Gasteiger partial charge in [0.1, 0.15) is 23.4 Å². The van der Waals surface area contributed by atoms with Gasteiger partial charge in [-0.2, -0.15) is 0 Å². The number of nitrogens with one attached hydrogen (secondary N) is 2. The predicted octanol–water partition coefficient (Wildman–Crippen LogP) is 4.13. The molecule has 0 aliphatic carbocycles. The van der Waals surface area contributed by atoms with Crippen LogP contribution < -0.4 is 10.6 Å². The number of hydrogen-bond acceptors (Lipinski definition) is 4. The van der Waals surface area contributed by atoms with E-state index >= 15 is 0 Å². The molecule has 3 aromatic rings. The van der Waals surface area contributed by atoms with Gasteiger partial charge in [0.15, 0.2) is 0 Å². The highest BCUT2D eigenvalue weighted by atomic mass is 19.1. The van der Waals surface area contributed by atoms with Crippen LogP contribution in [0.2, 0.25) is 0 Å². The number of amides is 2. The summed E-state index contributed by atoms with van der Waals surface area (Å²) in [7, 11) is 0. The third-order valence-electron chi connectivity index (χ3n) is 4.83. The minimum Gasteiger partial charge on any atom is -0.459 e. The van der Waals surface area contributed by atoms with E-state index in [4.69, 9.17) is 9.15 Å². The SMILES string of the molecule is O=C(NCc1ccc(-c2ccc(F)cc2)o1)c1cccc(NC(=O)C2CCCO2)c1. The Morgan fingerprint density at radius 3 is 2.67 bits per heavy atom. The van der Waals surface area contributed by atoms with E-state index in [-0.39, 0.29) is 24.2 Å². The lowest BCUT2D eigenvalue weighted by Gasteiger charge is -2.11. The van der Waals surface area contributed by atoms with Crippen molar-refractivity contribution in [1.82, 2.24) is 5.32 Å². The van der Waals surface area contributed by atoms with Crippen molar-refractivity contribution in [3.05, 3.63) is 77.8 Å². The van der Waals surface area contributed by atoms with Crippen LogP contribution in [0.3, 0.4) is 0 Å². The molecule has 0 bridgehead atoms. The molecule has 1 aliphatic heterocycles. The molecule has 1 aromatic heterocycles. The van der Waals surface area contributed by atoms with Crippen molar-refractivity contribution in [1.29, 1.82) is 0 Å². The highest BCUT2D eigenvalue weighted by molar-refractivity contribution is 5.98. The predicted molar refractivity (Wildman–Crippen MR) is 109 cm³/mol. The first kappa shape index (κ1) is 19.8. The Hall–Kier alpha value is -3.45. The van der Waals surface area contributed by atoms with Gasteiger partial charge in [-0.05, 0) is 67.4 Å². The zero-order valence-electron chi connectivity index (χ0n) is 16.2. The van der Waals surface area contributed by atoms with Gasteiger partial charge in [0, 0.05) is 23.4 Å². The van der Waals surface area contributed by atoms with Crippen LogP contribution in [0.25, 0.3) is 11.3 Å². The standard InChI is InChI=1S/C23H21FN2O4/c24-17-8-6-15(7-9-17)20-11-10-19(30-20)14-25-22(27)16-3-1-4-18(13-16)26-23(28)21-5-2-12-29-21/h1,3-4,6-11,13,21H,2,5,12,14H2,(H,25,27)(H,26,28). The van der Waals surface area contributed by atoms with Gasteiger partial charge in [-0.1, -0.05) is 6.07 Å². The van der Waals surface area contributed by atoms with Crippen LogP contribution in [-0.4, -0.2) is 24.5 Å². The lowest BCUT2D eigenvalue weighted by atomic mass is 10.1. The number of ether oxygens (including phenoxy) is 1. The van der Waals surface area contributed by atoms with E-state index in [1.54, 1.807) is 48.5 Å². The zero-order valence-corrected chi connectivity index (χ0v) is 16.2. The number of rotatable bonds is 6. The molecule has 0 radical (unpaired) electrons. The normalized spacial score (nSPS) is 15.7. The third-order valence-corrected chi connectivity index (χ3v) is 4.83. The van der Waals surface area contributed by atoms with Crippen molar-refractivity contribution in [3.8, 4) is 11.3 Å². The second kappa shape index (κ2) is 8.92. The number of furan rings is 1. The number of carbonyl (C=O) groups is 2. The van der Waals surface area contributed by atoms with Crippen LogP contribution in [0.4, 0.5) is 10.1 Å². The first-order chi connectivity index (χ1) is 14.6. The first-order valence-corrected chi connectivity index (χ1v) is 9.74. The molecular weight excluding hydrogens is 387 g/mol. The molecule has 2 amide bonds. The Bertz CT molecular complexity index is 1040. The molecule has 7 heteroatoms. The van der Waals surface area contributed by atoms with Gasteiger partial charge in [-0.25, -0.2) is 4.39 Å². The molecule has 1 aliphatic rings. The molecule has 1 unspecified atom stereocenters. The van der Waals surface area contributed by atoms with Crippen LogP contribution in [-0.2, 0) is 16.1 Å². The molecule has 1 atom stereocenters. The number of hydrogen-bond donors (Lipinski definition) is 2. The second-order valence-corrected chi connectivity index (χ2v) is 7.03. The number of benzene rings is 2. The minimum absolute atomic E-state index is 0.200. The Morgan fingerprint density at radius 1 is 1.07 bits per heavy atom.